The Hall–Kier alpha value is -2.88. The number of aromatic nitrogens is 2. The summed E-state index contributed by atoms with van der Waals surface area (Å²) in [5.74, 6) is -0.508. The predicted octanol–water partition coefficient (Wildman–Crippen LogP) is 6.64. The normalized spacial score (nSPS) is 23.7. The van der Waals surface area contributed by atoms with Crippen LogP contribution < -0.4 is 10.6 Å². The first-order valence-corrected chi connectivity index (χ1v) is 16.4. The zero-order valence-corrected chi connectivity index (χ0v) is 24.9. The zero-order chi connectivity index (χ0) is 30.0. The summed E-state index contributed by atoms with van der Waals surface area (Å²) in [6.07, 6.45) is 10.2. The number of hydrogen-bond acceptors (Lipinski definition) is 4. The molecule has 2 aliphatic carbocycles. The van der Waals surface area contributed by atoms with Crippen LogP contribution >= 0.6 is 0 Å². The predicted molar refractivity (Wildman–Crippen MR) is 158 cm³/mol. The third-order valence-electron chi connectivity index (χ3n) is 10.2. The number of nitrogens with one attached hydrogen (secondary N) is 2. The van der Waals surface area contributed by atoms with Crippen LogP contribution in [0.3, 0.4) is 0 Å². The molecular formula is C33H44F3N5O2. The van der Waals surface area contributed by atoms with Gasteiger partial charge in [-0.2, -0.15) is 18.3 Å². The first kappa shape index (κ1) is 30.2. The van der Waals surface area contributed by atoms with Gasteiger partial charge in [0.2, 0.25) is 5.91 Å². The third kappa shape index (κ3) is 6.94. The highest BCUT2D eigenvalue weighted by molar-refractivity contribution is 5.94. The fourth-order valence-corrected chi connectivity index (χ4v) is 7.74. The summed E-state index contributed by atoms with van der Waals surface area (Å²) in [5.41, 5.74) is -0.304. The van der Waals surface area contributed by atoms with Crippen molar-refractivity contribution in [3.63, 3.8) is 0 Å². The van der Waals surface area contributed by atoms with Crippen LogP contribution in [0.4, 0.5) is 13.2 Å². The Labute approximate surface area is 252 Å². The minimum atomic E-state index is -4.53. The van der Waals surface area contributed by atoms with E-state index in [1.54, 1.807) is 10.7 Å². The number of piperidine rings is 1. The maximum Gasteiger partial charge on any atom is 0.417 e. The van der Waals surface area contributed by atoms with Gasteiger partial charge in [0.05, 0.1) is 17.3 Å². The van der Waals surface area contributed by atoms with Crippen LogP contribution in [0.5, 0.6) is 0 Å². The molecule has 7 nitrogen and oxygen atoms in total. The lowest BCUT2D eigenvalue weighted by Gasteiger charge is -2.35. The van der Waals surface area contributed by atoms with Crippen LogP contribution in [0.25, 0.3) is 11.3 Å². The van der Waals surface area contributed by atoms with Gasteiger partial charge in [0.1, 0.15) is 0 Å². The molecule has 3 atom stereocenters. The smallest absolute Gasteiger partial charge is 0.353 e. The van der Waals surface area contributed by atoms with E-state index >= 15 is 0 Å². The summed E-state index contributed by atoms with van der Waals surface area (Å²) in [5, 5.41) is 10.8. The van der Waals surface area contributed by atoms with E-state index in [-0.39, 0.29) is 41.7 Å². The molecule has 3 heterocycles. The van der Waals surface area contributed by atoms with Crippen molar-refractivity contribution in [1.82, 2.24) is 25.3 Å². The quantitative estimate of drug-likeness (QED) is 0.304. The first-order chi connectivity index (χ1) is 20.8. The number of rotatable bonds is 11. The Morgan fingerprint density at radius 1 is 0.907 bits per heavy atom. The summed E-state index contributed by atoms with van der Waals surface area (Å²) >= 11 is 0. The van der Waals surface area contributed by atoms with Crippen molar-refractivity contribution in [1.29, 1.82) is 0 Å². The molecule has 4 fully saturated rings. The van der Waals surface area contributed by atoms with Gasteiger partial charge in [-0.05, 0) is 89.3 Å². The van der Waals surface area contributed by atoms with Crippen LogP contribution in [-0.2, 0) is 11.0 Å². The number of amides is 2. The SMILES string of the molecule is O=C(C[C@H](CCCN1C2CCCC1CC2)NC(=O)c1cc(-c2ccccc2C(F)(F)F)n(C2CCCC2)n1)NC1CCC1. The number of alkyl halides is 3. The number of fused-ring (bicyclic) bond motifs is 2. The van der Waals surface area contributed by atoms with Crippen LogP contribution in [0.2, 0.25) is 0 Å². The highest BCUT2D eigenvalue weighted by atomic mass is 19.4. The van der Waals surface area contributed by atoms with Crippen LogP contribution in [0.1, 0.15) is 118 Å². The van der Waals surface area contributed by atoms with Gasteiger partial charge in [-0.25, -0.2) is 0 Å². The van der Waals surface area contributed by atoms with E-state index in [1.807, 2.05) is 0 Å². The number of carbonyl (C=O) groups is 2. The monoisotopic (exact) mass is 599 g/mol. The minimum Gasteiger partial charge on any atom is -0.353 e. The average Bonchev–Trinajstić information content (AvgIpc) is 3.68. The number of nitrogens with zero attached hydrogens (tertiary/aromatic N) is 3. The Kier molecular flexibility index (Phi) is 9.12. The molecule has 2 bridgehead atoms. The van der Waals surface area contributed by atoms with Gasteiger partial charge in [0.25, 0.3) is 5.91 Å². The molecule has 234 valence electrons. The van der Waals surface area contributed by atoms with E-state index in [9.17, 15) is 22.8 Å². The van der Waals surface area contributed by atoms with E-state index in [2.05, 4.69) is 20.6 Å². The van der Waals surface area contributed by atoms with Crippen LogP contribution in [0, 0.1) is 0 Å². The second-order valence-corrected chi connectivity index (χ2v) is 13.1. The molecule has 1 aromatic carbocycles. The fourth-order valence-electron chi connectivity index (χ4n) is 7.74. The van der Waals surface area contributed by atoms with Gasteiger partial charge in [0.15, 0.2) is 5.69 Å². The second kappa shape index (κ2) is 13.0. The first-order valence-electron chi connectivity index (χ1n) is 16.4. The number of hydrogen-bond donors (Lipinski definition) is 2. The molecule has 10 heteroatoms. The van der Waals surface area contributed by atoms with Crippen molar-refractivity contribution in [3.05, 3.63) is 41.6 Å². The summed E-state index contributed by atoms with van der Waals surface area (Å²) < 4.78 is 43.6. The lowest BCUT2D eigenvalue weighted by atomic mass is 9.93. The van der Waals surface area contributed by atoms with Crippen molar-refractivity contribution in [2.24, 2.45) is 0 Å². The third-order valence-corrected chi connectivity index (χ3v) is 10.2. The maximum atomic E-state index is 14.0. The maximum absolute atomic E-state index is 14.0. The molecular weight excluding hydrogens is 555 g/mol. The highest BCUT2D eigenvalue weighted by Gasteiger charge is 2.37. The topological polar surface area (TPSA) is 79.3 Å². The summed E-state index contributed by atoms with van der Waals surface area (Å²) in [4.78, 5) is 29.2. The molecule has 2 saturated carbocycles. The van der Waals surface area contributed by atoms with Gasteiger partial charge < -0.3 is 10.6 Å². The molecule has 0 spiro atoms. The standard InChI is InChI=1S/C33H44F3N5O2/c34-33(35,36)28-16-4-3-15-27(28)30-21-29(39-41(30)26-11-1-2-12-26)32(43)38-23(20-31(42)37-22-8-5-9-22)10-7-19-40-24-13-6-14-25(40)18-17-24/h3-4,15-16,21-26H,1-2,5-14,17-20H2,(H,37,42)(H,38,43)/t23-,24?,25?/m0/s1. The molecule has 1 aromatic heterocycles. The Morgan fingerprint density at radius 2 is 1.58 bits per heavy atom. The van der Waals surface area contributed by atoms with E-state index < -0.39 is 17.6 Å². The second-order valence-electron chi connectivity index (χ2n) is 13.1. The average molecular weight is 600 g/mol. The molecule has 2 aliphatic heterocycles. The number of benzene rings is 1. The van der Waals surface area contributed by atoms with E-state index in [4.69, 9.17) is 0 Å². The van der Waals surface area contributed by atoms with Crippen molar-refractivity contribution >= 4 is 11.8 Å². The highest BCUT2D eigenvalue weighted by Crippen LogP contribution is 2.40. The molecule has 2 unspecified atom stereocenters. The van der Waals surface area contributed by atoms with Gasteiger partial charge in [-0.1, -0.05) is 37.5 Å². The fraction of sp³-hybridized carbons (Fsp3) is 0.667. The van der Waals surface area contributed by atoms with E-state index in [0.29, 0.717) is 24.2 Å². The van der Waals surface area contributed by atoms with Crippen LogP contribution in [-0.4, -0.2) is 57.2 Å². The molecule has 2 amide bonds. The van der Waals surface area contributed by atoms with Crippen molar-refractivity contribution < 1.29 is 22.8 Å². The van der Waals surface area contributed by atoms with E-state index in [0.717, 1.165) is 64.0 Å². The number of carbonyl (C=O) groups excluding carboxylic acids is 2. The lowest BCUT2D eigenvalue weighted by Crippen LogP contribution is -2.45. The molecule has 43 heavy (non-hydrogen) atoms. The molecule has 0 radical (unpaired) electrons. The van der Waals surface area contributed by atoms with E-state index in [1.165, 1.54) is 50.3 Å². The van der Waals surface area contributed by atoms with Crippen molar-refractivity contribution in [2.75, 3.05) is 6.54 Å². The van der Waals surface area contributed by atoms with Crippen molar-refractivity contribution in [2.45, 2.75) is 133 Å². The van der Waals surface area contributed by atoms with Crippen molar-refractivity contribution in [3.8, 4) is 11.3 Å². The van der Waals surface area contributed by atoms with Crippen LogP contribution in [0.15, 0.2) is 30.3 Å². The molecule has 2 saturated heterocycles. The Morgan fingerprint density at radius 3 is 2.26 bits per heavy atom. The summed E-state index contributed by atoms with van der Waals surface area (Å²) in [6.45, 7) is 0.959. The van der Waals surface area contributed by atoms with Gasteiger partial charge in [0, 0.05) is 36.2 Å². The zero-order valence-electron chi connectivity index (χ0n) is 24.9. The number of halogens is 3. The van der Waals surface area contributed by atoms with Gasteiger partial charge in [-0.3, -0.25) is 19.2 Å². The molecule has 4 aliphatic rings. The largest absolute Gasteiger partial charge is 0.417 e. The Bertz CT molecular complexity index is 1270. The lowest BCUT2D eigenvalue weighted by molar-refractivity contribution is -0.137. The summed E-state index contributed by atoms with van der Waals surface area (Å²) in [7, 11) is 0. The molecule has 6 rings (SSSR count). The van der Waals surface area contributed by atoms with Gasteiger partial charge >= 0.3 is 6.18 Å². The minimum absolute atomic E-state index is 0.0287. The Balaban J connectivity index is 1.20. The molecule has 2 N–H and O–H groups in total. The molecule has 2 aromatic rings. The summed E-state index contributed by atoms with van der Waals surface area (Å²) in [6, 6.07) is 8.09. The van der Waals surface area contributed by atoms with Gasteiger partial charge in [-0.15, -0.1) is 0 Å².